The first-order chi connectivity index (χ1) is 9.40. The molecule has 6 heteroatoms. The SMILES string of the molecule is CC(C)CN(CC(N)=O)C(=O)COc1ccccc1N. The molecule has 0 aromatic heterocycles. The summed E-state index contributed by atoms with van der Waals surface area (Å²) in [7, 11) is 0. The van der Waals surface area contributed by atoms with Crippen molar-refractivity contribution in [2.75, 3.05) is 25.4 Å². The maximum Gasteiger partial charge on any atom is 0.260 e. The fourth-order valence-corrected chi connectivity index (χ4v) is 1.73. The summed E-state index contributed by atoms with van der Waals surface area (Å²) < 4.78 is 5.37. The van der Waals surface area contributed by atoms with E-state index in [9.17, 15) is 9.59 Å². The van der Waals surface area contributed by atoms with Gasteiger partial charge in [-0.25, -0.2) is 0 Å². The minimum atomic E-state index is -0.543. The molecule has 110 valence electrons. The van der Waals surface area contributed by atoms with Gasteiger partial charge < -0.3 is 21.1 Å². The van der Waals surface area contributed by atoms with Gasteiger partial charge in [-0.1, -0.05) is 26.0 Å². The second-order valence-electron chi connectivity index (χ2n) is 4.96. The van der Waals surface area contributed by atoms with Gasteiger partial charge in [-0.3, -0.25) is 9.59 Å². The van der Waals surface area contributed by atoms with Crippen LogP contribution in [0.4, 0.5) is 5.69 Å². The first-order valence-electron chi connectivity index (χ1n) is 6.43. The number of carbonyl (C=O) groups excluding carboxylic acids is 2. The number of nitrogens with zero attached hydrogens (tertiary/aromatic N) is 1. The fourth-order valence-electron chi connectivity index (χ4n) is 1.73. The number of hydrogen-bond acceptors (Lipinski definition) is 4. The number of primary amides is 1. The maximum absolute atomic E-state index is 12.1. The molecule has 0 atom stereocenters. The van der Waals surface area contributed by atoms with Crippen LogP contribution < -0.4 is 16.2 Å². The number of nitrogen functional groups attached to an aromatic ring is 1. The molecule has 0 radical (unpaired) electrons. The Labute approximate surface area is 118 Å². The second-order valence-corrected chi connectivity index (χ2v) is 4.96. The molecule has 6 nitrogen and oxygen atoms in total. The van der Waals surface area contributed by atoms with E-state index in [1.807, 2.05) is 13.8 Å². The van der Waals surface area contributed by atoms with Gasteiger partial charge >= 0.3 is 0 Å². The van der Waals surface area contributed by atoms with Crippen LogP contribution >= 0.6 is 0 Å². The van der Waals surface area contributed by atoms with Crippen molar-refractivity contribution in [1.82, 2.24) is 4.90 Å². The van der Waals surface area contributed by atoms with Gasteiger partial charge in [0, 0.05) is 6.54 Å². The van der Waals surface area contributed by atoms with Crippen LogP contribution in [0.3, 0.4) is 0 Å². The summed E-state index contributed by atoms with van der Waals surface area (Å²) in [4.78, 5) is 24.4. The molecule has 0 aliphatic carbocycles. The average Bonchev–Trinajstić information content (AvgIpc) is 2.35. The third kappa shape index (κ3) is 5.17. The third-order valence-corrected chi connectivity index (χ3v) is 2.56. The highest BCUT2D eigenvalue weighted by atomic mass is 16.5. The summed E-state index contributed by atoms with van der Waals surface area (Å²) in [6, 6.07) is 6.92. The zero-order valence-corrected chi connectivity index (χ0v) is 11.8. The van der Waals surface area contributed by atoms with Crippen LogP contribution in [-0.4, -0.2) is 36.4 Å². The van der Waals surface area contributed by atoms with E-state index in [4.69, 9.17) is 16.2 Å². The Morgan fingerprint density at radius 3 is 2.50 bits per heavy atom. The summed E-state index contributed by atoms with van der Waals surface area (Å²) in [5, 5.41) is 0. The highest BCUT2D eigenvalue weighted by Gasteiger charge is 2.17. The lowest BCUT2D eigenvalue weighted by molar-refractivity contribution is -0.137. The van der Waals surface area contributed by atoms with Crippen molar-refractivity contribution < 1.29 is 14.3 Å². The van der Waals surface area contributed by atoms with Crippen LogP contribution in [0.5, 0.6) is 5.75 Å². The fraction of sp³-hybridized carbons (Fsp3) is 0.429. The Balaban J connectivity index is 2.62. The van der Waals surface area contributed by atoms with E-state index in [-0.39, 0.29) is 25.0 Å². The van der Waals surface area contributed by atoms with Gasteiger partial charge in [0.15, 0.2) is 6.61 Å². The number of nitrogens with two attached hydrogens (primary N) is 2. The number of benzene rings is 1. The molecule has 1 aromatic rings. The van der Waals surface area contributed by atoms with Crippen molar-refractivity contribution in [1.29, 1.82) is 0 Å². The molecule has 0 aliphatic rings. The minimum Gasteiger partial charge on any atom is -0.482 e. The number of ether oxygens (including phenoxy) is 1. The molecule has 4 N–H and O–H groups in total. The molecule has 0 heterocycles. The lowest BCUT2D eigenvalue weighted by Gasteiger charge is -2.23. The quantitative estimate of drug-likeness (QED) is 0.715. The number of amides is 2. The Morgan fingerprint density at radius 2 is 1.95 bits per heavy atom. The first-order valence-corrected chi connectivity index (χ1v) is 6.43. The van der Waals surface area contributed by atoms with Crippen LogP contribution in [0.2, 0.25) is 0 Å². The van der Waals surface area contributed by atoms with E-state index in [0.29, 0.717) is 18.0 Å². The lowest BCUT2D eigenvalue weighted by Crippen LogP contribution is -2.42. The second kappa shape index (κ2) is 7.37. The average molecular weight is 279 g/mol. The van der Waals surface area contributed by atoms with Crippen LogP contribution in [-0.2, 0) is 9.59 Å². The summed E-state index contributed by atoms with van der Waals surface area (Å²) in [5.41, 5.74) is 11.3. The smallest absolute Gasteiger partial charge is 0.260 e. The molecule has 0 saturated carbocycles. The van der Waals surface area contributed by atoms with E-state index < -0.39 is 5.91 Å². The highest BCUT2D eigenvalue weighted by Crippen LogP contribution is 2.19. The highest BCUT2D eigenvalue weighted by molar-refractivity contribution is 5.84. The monoisotopic (exact) mass is 279 g/mol. The molecular weight excluding hydrogens is 258 g/mol. The summed E-state index contributed by atoms with van der Waals surface area (Å²) >= 11 is 0. The molecule has 1 aromatic carbocycles. The van der Waals surface area contributed by atoms with Crippen LogP contribution in [0.25, 0.3) is 0 Å². The Hall–Kier alpha value is -2.24. The molecule has 0 bridgehead atoms. The van der Waals surface area contributed by atoms with Gasteiger partial charge in [0.2, 0.25) is 5.91 Å². The van der Waals surface area contributed by atoms with Crippen LogP contribution in [0, 0.1) is 5.92 Å². The molecule has 2 amide bonds. The van der Waals surface area contributed by atoms with Crippen LogP contribution in [0.15, 0.2) is 24.3 Å². The molecule has 0 spiro atoms. The standard InChI is InChI=1S/C14H21N3O3/c1-10(2)7-17(8-13(16)18)14(19)9-20-12-6-4-3-5-11(12)15/h3-6,10H,7-9,15H2,1-2H3,(H2,16,18). The van der Waals surface area contributed by atoms with Crippen molar-refractivity contribution in [2.24, 2.45) is 11.7 Å². The molecule has 0 saturated heterocycles. The molecule has 0 unspecified atom stereocenters. The van der Waals surface area contributed by atoms with E-state index in [0.717, 1.165) is 0 Å². The zero-order valence-electron chi connectivity index (χ0n) is 11.8. The van der Waals surface area contributed by atoms with Crippen molar-refractivity contribution in [3.63, 3.8) is 0 Å². The molecule has 0 aliphatic heterocycles. The van der Waals surface area contributed by atoms with Crippen molar-refractivity contribution in [3.8, 4) is 5.75 Å². The van der Waals surface area contributed by atoms with Crippen molar-refractivity contribution >= 4 is 17.5 Å². The van der Waals surface area contributed by atoms with Gasteiger partial charge in [-0.2, -0.15) is 0 Å². The normalized spacial score (nSPS) is 10.3. The molecule has 20 heavy (non-hydrogen) atoms. The molecule has 1 rings (SSSR count). The predicted octanol–water partition coefficient (Wildman–Crippen LogP) is 0.618. The zero-order chi connectivity index (χ0) is 15.1. The van der Waals surface area contributed by atoms with E-state index in [1.165, 1.54) is 4.90 Å². The van der Waals surface area contributed by atoms with Gasteiger partial charge in [-0.05, 0) is 18.1 Å². The Bertz CT molecular complexity index is 474. The van der Waals surface area contributed by atoms with Gasteiger partial charge in [0.05, 0.1) is 12.2 Å². The van der Waals surface area contributed by atoms with E-state index in [1.54, 1.807) is 24.3 Å². The summed E-state index contributed by atoms with van der Waals surface area (Å²) in [6.07, 6.45) is 0. The number of para-hydroxylation sites is 2. The van der Waals surface area contributed by atoms with Crippen molar-refractivity contribution in [2.45, 2.75) is 13.8 Å². The van der Waals surface area contributed by atoms with Gasteiger partial charge in [0.1, 0.15) is 5.75 Å². The van der Waals surface area contributed by atoms with Gasteiger partial charge in [0.25, 0.3) is 5.91 Å². The minimum absolute atomic E-state index is 0.107. The van der Waals surface area contributed by atoms with Gasteiger partial charge in [-0.15, -0.1) is 0 Å². The number of rotatable bonds is 7. The number of carbonyl (C=O) groups is 2. The lowest BCUT2D eigenvalue weighted by atomic mass is 10.2. The topological polar surface area (TPSA) is 98.6 Å². The maximum atomic E-state index is 12.1. The van der Waals surface area contributed by atoms with Crippen molar-refractivity contribution in [3.05, 3.63) is 24.3 Å². The van der Waals surface area contributed by atoms with E-state index in [2.05, 4.69) is 0 Å². The number of hydrogen-bond donors (Lipinski definition) is 2. The Morgan fingerprint density at radius 1 is 1.30 bits per heavy atom. The molecule has 0 fully saturated rings. The molecular formula is C14H21N3O3. The largest absolute Gasteiger partial charge is 0.482 e. The summed E-state index contributed by atoms with van der Waals surface area (Å²) in [5.74, 6) is -0.150. The summed E-state index contributed by atoms with van der Waals surface area (Å²) in [6.45, 7) is 4.09. The van der Waals surface area contributed by atoms with E-state index >= 15 is 0 Å². The third-order valence-electron chi connectivity index (χ3n) is 2.56. The van der Waals surface area contributed by atoms with Crippen LogP contribution in [0.1, 0.15) is 13.8 Å². The first kappa shape index (κ1) is 15.8. The Kier molecular flexibility index (Phi) is 5.83. The predicted molar refractivity (Wildman–Crippen MR) is 77.0 cm³/mol. The number of anilines is 1.